The van der Waals surface area contributed by atoms with E-state index in [0.29, 0.717) is 0 Å². The van der Waals surface area contributed by atoms with Crippen molar-refractivity contribution in [2.75, 3.05) is 6.26 Å². The highest BCUT2D eigenvalue weighted by Gasteiger charge is 2.37. The maximum absolute atomic E-state index is 4.49. The zero-order valence-electron chi connectivity index (χ0n) is 8.86. The number of benzene rings is 1. The second-order valence-corrected chi connectivity index (χ2v) is 6.39. The molecule has 2 aromatic rings. The molecule has 1 heterocycles. The first-order valence-corrected chi connectivity index (χ1v) is 7.28. The summed E-state index contributed by atoms with van der Waals surface area (Å²) in [5.41, 5.74) is 2.66. The number of aryl methyl sites for hydroxylation is 1. The molecule has 0 N–H and O–H groups in total. The fraction of sp³-hybridized carbons (Fsp3) is 0.417. The maximum Gasteiger partial charge on any atom is 0.0907 e. The molecule has 1 saturated carbocycles. The molecule has 1 aromatic heterocycles. The zero-order chi connectivity index (χ0) is 10.4. The number of fused-ring (bicyclic) bond motifs is 1. The zero-order valence-corrected chi connectivity index (χ0v) is 10.5. The largest absolute Gasteiger partial charge is 0.242 e. The molecule has 2 atom stereocenters. The summed E-state index contributed by atoms with van der Waals surface area (Å²) in [6.07, 6.45) is 3.56. The lowest BCUT2D eigenvalue weighted by Gasteiger charge is -1.98. The lowest BCUT2D eigenvalue weighted by Crippen LogP contribution is -1.82. The van der Waals surface area contributed by atoms with E-state index in [1.54, 1.807) is 11.3 Å². The SMILES string of the molecule is CS[C@H]1C[C@@H]1c1ccc2nc(C)sc2c1. The van der Waals surface area contributed by atoms with Gasteiger partial charge in [0.25, 0.3) is 0 Å². The number of hydrogen-bond acceptors (Lipinski definition) is 3. The molecule has 1 aliphatic carbocycles. The summed E-state index contributed by atoms with van der Waals surface area (Å²) in [5.74, 6) is 0.798. The van der Waals surface area contributed by atoms with Gasteiger partial charge >= 0.3 is 0 Å². The number of thiazole rings is 1. The first kappa shape index (κ1) is 9.67. The second-order valence-electron chi connectivity index (χ2n) is 4.08. The lowest BCUT2D eigenvalue weighted by atomic mass is 10.1. The fourth-order valence-electron chi connectivity index (χ4n) is 2.07. The molecule has 1 aliphatic rings. The predicted molar refractivity (Wildman–Crippen MR) is 69.0 cm³/mol. The Hall–Kier alpha value is -0.540. The number of hydrogen-bond donors (Lipinski definition) is 0. The Labute approximate surface area is 97.9 Å². The molecule has 0 unspecified atom stereocenters. The lowest BCUT2D eigenvalue weighted by molar-refractivity contribution is 1.14. The maximum atomic E-state index is 4.49. The minimum atomic E-state index is 0.798. The van der Waals surface area contributed by atoms with E-state index in [9.17, 15) is 0 Å². The van der Waals surface area contributed by atoms with Crippen LogP contribution < -0.4 is 0 Å². The molecular formula is C12H13NS2. The fourth-order valence-corrected chi connectivity index (χ4v) is 3.83. The van der Waals surface area contributed by atoms with Gasteiger partial charge in [0.05, 0.1) is 15.2 Å². The third kappa shape index (κ3) is 1.68. The van der Waals surface area contributed by atoms with E-state index in [0.717, 1.165) is 16.7 Å². The van der Waals surface area contributed by atoms with Crippen LogP contribution in [0, 0.1) is 6.92 Å². The molecule has 0 amide bonds. The molecule has 0 saturated heterocycles. The predicted octanol–water partition coefficient (Wildman–Crippen LogP) is 3.82. The molecule has 0 spiro atoms. The first-order valence-electron chi connectivity index (χ1n) is 5.18. The van der Waals surface area contributed by atoms with Crippen LogP contribution in [-0.4, -0.2) is 16.5 Å². The quantitative estimate of drug-likeness (QED) is 0.784. The number of nitrogens with zero attached hydrogens (tertiary/aromatic N) is 1. The Morgan fingerprint density at radius 1 is 1.47 bits per heavy atom. The van der Waals surface area contributed by atoms with Crippen LogP contribution in [0.4, 0.5) is 0 Å². The third-order valence-corrected chi connectivity index (χ3v) is 5.04. The molecule has 78 valence electrons. The second kappa shape index (κ2) is 3.49. The van der Waals surface area contributed by atoms with Gasteiger partial charge in [-0.3, -0.25) is 0 Å². The van der Waals surface area contributed by atoms with Crippen molar-refractivity contribution in [3.63, 3.8) is 0 Å². The molecule has 1 fully saturated rings. The molecule has 15 heavy (non-hydrogen) atoms. The van der Waals surface area contributed by atoms with E-state index < -0.39 is 0 Å². The van der Waals surface area contributed by atoms with Crippen molar-refractivity contribution in [2.24, 2.45) is 0 Å². The summed E-state index contributed by atoms with van der Waals surface area (Å²) < 4.78 is 1.34. The van der Waals surface area contributed by atoms with Gasteiger partial charge in [0.1, 0.15) is 0 Å². The monoisotopic (exact) mass is 235 g/mol. The van der Waals surface area contributed by atoms with Crippen LogP contribution in [0.5, 0.6) is 0 Å². The van der Waals surface area contributed by atoms with Crippen molar-refractivity contribution >= 4 is 33.3 Å². The Balaban J connectivity index is 1.99. The van der Waals surface area contributed by atoms with Gasteiger partial charge in [-0.05, 0) is 43.2 Å². The molecule has 3 rings (SSSR count). The Morgan fingerprint density at radius 3 is 3.07 bits per heavy atom. The number of thioether (sulfide) groups is 1. The van der Waals surface area contributed by atoms with Crippen LogP contribution in [0.25, 0.3) is 10.2 Å². The number of rotatable bonds is 2. The van der Waals surface area contributed by atoms with E-state index in [2.05, 4.69) is 36.4 Å². The van der Waals surface area contributed by atoms with Crippen LogP contribution in [0.1, 0.15) is 22.9 Å². The molecule has 1 nitrogen and oxygen atoms in total. The highest BCUT2D eigenvalue weighted by molar-refractivity contribution is 7.99. The van der Waals surface area contributed by atoms with Crippen LogP contribution in [0.2, 0.25) is 0 Å². The van der Waals surface area contributed by atoms with Gasteiger partial charge in [-0.25, -0.2) is 4.98 Å². The van der Waals surface area contributed by atoms with E-state index in [-0.39, 0.29) is 0 Å². The third-order valence-electron chi connectivity index (χ3n) is 2.98. The number of aromatic nitrogens is 1. The smallest absolute Gasteiger partial charge is 0.0907 e. The van der Waals surface area contributed by atoms with Crippen molar-refractivity contribution in [2.45, 2.75) is 24.5 Å². The molecule has 1 aromatic carbocycles. The Morgan fingerprint density at radius 2 is 2.33 bits per heavy atom. The van der Waals surface area contributed by atoms with Gasteiger partial charge in [0, 0.05) is 5.25 Å². The summed E-state index contributed by atoms with van der Waals surface area (Å²) >= 11 is 3.79. The standard InChI is InChI=1S/C12H13NS2/c1-7-13-10-4-3-8(5-12(10)15-7)9-6-11(9)14-2/h3-5,9,11H,6H2,1-2H3/t9-,11+/m1/s1. The van der Waals surface area contributed by atoms with Gasteiger partial charge in [0.2, 0.25) is 0 Å². The van der Waals surface area contributed by atoms with Gasteiger partial charge < -0.3 is 0 Å². The summed E-state index contributed by atoms with van der Waals surface area (Å²) in [4.78, 5) is 4.49. The minimum Gasteiger partial charge on any atom is -0.242 e. The van der Waals surface area contributed by atoms with Gasteiger partial charge in [0.15, 0.2) is 0 Å². The molecular weight excluding hydrogens is 222 g/mol. The molecule has 0 radical (unpaired) electrons. The highest BCUT2D eigenvalue weighted by Crippen LogP contribution is 2.48. The molecule has 0 bridgehead atoms. The van der Waals surface area contributed by atoms with Gasteiger partial charge in [-0.1, -0.05) is 6.07 Å². The van der Waals surface area contributed by atoms with Crippen LogP contribution >= 0.6 is 23.1 Å². The van der Waals surface area contributed by atoms with Gasteiger partial charge in [-0.2, -0.15) is 11.8 Å². The van der Waals surface area contributed by atoms with Gasteiger partial charge in [-0.15, -0.1) is 11.3 Å². The summed E-state index contributed by atoms with van der Waals surface area (Å²) in [7, 11) is 0. The van der Waals surface area contributed by atoms with Crippen molar-refractivity contribution in [3.05, 3.63) is 28.8 Å². The Kier molecular flexibility index (Phi) is 2.25. The van der Waals surface area contributed by atoms with Crippen molar-refractivity contribution in [3.8, 4) is 0 Å². The van der Waals surface area contributed by atoms with Crippen LogP contribution in [0.3, 0.4) is 0 Å². The average Bonchev–Trinajstić information content (AvgIpc) is 2.92. The van der Waals surface area contributed by atoms with E-state index >= 15 is 0 Å². The summed E-state index contributed by atoms with van der Waals surface area (Å²) in [6.45, 7) is 2.08. The first-order chi connectivity index (χ1) is 7.28. The Bertz CT molecular complexity index is 503. The highest BCUT2D eigenvalue weighted by atomic mass is 32.2. The minimum absolute atomic E-state index is 0.798. The summed E-state index contributed by atoms with van der Waals surface area (Å²) in [5, 5.41) is 2.02. The van der Waals surface area contributed by atoms with E-state index in [1.165, 1.54) is 21.7 Å². The van der Waals surface area contributed by atoms with E-state index in [1.807, 2.05) is 11.8 Å². The topological polar surface area (TPSA) is 12.9 Å². The molecule has 0 aliphatic heterocycles. The van der Waals surface area contributed by atoms with Crippen molar-refractivity contribution in [1.29, 1.82) is 0 Å². The van der Waals surface area contributed by atoms with Crippen molar-refractivity contribution in [1.82, 2.24) is 4.98 Å². The summed E-state index contributed by atoms with van der Waals surface area (Å²) in [6, 6.07) is 6.76. The average molecular weight is 235 g/mol. The van der Waals surface area contributed by atoms with E-state index in [4.69, 9.17) is 0 Å². The molecule has 3 heteroatoms. The van der Waals surface area contributed by atoms with Crippen LogP contribution in [0.15, 0.2) is 18.2 Å². The van der Waals surface area contributed by atoms with Crippen LogP contribution in [-0.2, 0) is 0 Å². The normalized spacial score (nSPS) is 24.7. The van der Waals surface area contributed by atoms with Crippen molar-refractivity contribution < 1.29 is 0 Å².